The van der Waals surface area contributed by atoms with Crippen LogP contribution in [0.4, 0.5) is 0 Å². The maximum Gasteiger partial charge on any atom is 0.308 e. The van der Waals surface area contributed by atoms with Crippen LogP contribution in [0.5, 0.6) is 0 Å². The number of carbonyl (C=O) groups excluding carboxylic acids is 1. The van der Waals surface area contributed by atoms with Crippen molar-refractivity contribution in [3.05, 3.63) is 30.1 Å². The van der Waals surface area contributed by atoms with Gasteiger partial charge >= 0.3 is 5.97 Å². The van der Waals surface area contributed by atoms with Crippen molar-refractivity contribution in [1.82, 2.24) is 9.88 Å². The van der Waals surface area contributed by atoms with Gasteiger partial charge in [-0.15, -0.1) is 0 Å². The molecule has 2 rings (SSSR count). The predicted molar refractivity (Wildman–Crippen MR) is 64.7 cm³/mol. The molecule has 0 bridgehead atoms. The van der Waals surface area contributed by atoms with Gasteiger partial charge in [0.25, 0.3) is 0 Å². The minimum Gasteiger partial charge on any atom is -0.481 e. The minimum absolute atomic E-state index is 0.0248. The van der Waals surface area contributed by atoms with Crippen molar-refractivity contribution in [3.8, 4) is 0 Å². The zero-order valence-electron chi connectivity index (χ0n) is 10.2. The summed E-state index contributed by atoms with van der Waals surface area (Å²) in [4.78, 5) is 28.8. The second-order valence-electron chi connectivity index (χ2n) is 4.39. The lowest BCUT2D eigenvalue weighted by Gasteiger charge is -2.39. The summed E-state index contributed by atoms with van der Waals surface area (Å²) in [7, 11) is 0. The van der Waals surface area contributed by atoms with Crippen LogP contribution in [0.25, 0.3) is 0 Å². The number of aliphatic carboxylic acids is 1. The van der Waals surface area contributed by atoms with E-state index in [1.54, 1.807) is 29.4 Å². The Hall–Kier alpha value is -1.91. The number of hydrogen-bond acceptors (Lipinski definition) is 3. The zero-order chi connectivity index (χ0) is 13.1. The van der Waals surface area contributed by atoms with Crippen molar-refractivity contribution in [2.45, 2.75) is 25.8 Å². The van der Waals surface area contributed by atoms with E-state index in [1.807, 2.05) is 6.92 Å². The fourth-order valence-corrected chi connectivity index (χ4v) is 2.56. The van der Waals surface area contributed by atoms with Gasteiger partial charge < -0.3 is 10.0 Å². The molecule has 1 fully saturated rings. The van der Waals surface area contributed by atoms with Crippen molar-refractivity contribution in [2.75, 3.05) is 6.54 Å². The predicted octanol–water partition coefficient (Wildman–Crippen LogP) is 1.47. The molecule has 1 aliphatic heterocycles. The van der Waals surface area contributed by atoms with Gasteiger partial charge in [-0.25, -0.2) is 0 Å². The standard InChI is InChI=1S/C13H16N2O3/c1-2-15-11(16)4-3-10(13(17)18)12(15)9-5-7-14-8-6-9/h5-8,10,12H,2-4H2,1H3,(H,17,18)/t10-,12+/m1/s1. The van der Waals surface area contributed by atoms with Gasteiger partial charge in [0, 0.05) is 25.4 Å². The Kier molecular flexibility index (Phi) is 3.60. The normalized spacial score (nSPS) is 24.1. The quantitative estimate of drug-likeness (QED) is 0.879. The van der Waals surface area contributed by atoms with Gasteiger partial charge in [-0.05, 0) is 31.0 Å². The molecule has 0 unspecified atom stereocenters. The average Bonchev–Trinajstić information content (AvgIpc) is 2.39. The maximum absolute atomic E-state index is 11.9. The molecular weight excluding hydrogens is 232 g/mol. The molecule has 1 N–H and O–H groups in total. The van der Waals surface area contributed by atoms with Crippen molar-refractivity contribution in [2.24, 2.45) is 5.92 Å². The van der Waals surface area contributed by atoms with Crippen LogP contribution >= 0.6 is 0 Å². The van der Waals surface area contributed by atoms with Gasteiger partial charge in [0.2, 0.25) is 5.91 Å². The third kappa shape index (κ3) is 2.20. The van der Waals surface area contributed by atoms with E-state index < -0.39 is 11.9 Å². The number of likely N-dealkylation sites (tertiary alicyclic amines) is 1. The number of hydrogen-bond donors (Lipinski definition) is 1. The molecule has 0 spiro atoms. The van der Waals surface area contributed by atoms with Crippen LogP contribution < -0.4 is 0 Å². The highest BCUT2D eigenvalue weighted by molar-refractivity contribution is 5.81. The van der Waals surface area contributed by atoms with Crippen LogP contribution in [0.15, 0.2) is 24.5 Å². The topological polar surface area (TPSA) is 70.5 Å². The molecule has 1 amide bonds. The summed E-state index contributed by atoms with van der Waals surface area (Å²) in [6.07, 6.45) is 3.96. The summed E-state index contributed by atoms with van der Waals surface area (Å²) in [6.45, 7) is 2.39. The van der Waals surface area contributed by atoms with E-state index in [0.29, 0.717) is 19.4 Å². The number of nitrogens with zero attached hydrogens (tertiary/aromatic N) is 2. The molecule has 5 heteroatoms. The summed E-state index contributed by atoms with van der Waals surface area (Å²) in [5.74, 6) is -1.36. The molecule has 1 aliphatic rings. The summed E-state index contributed by atoms with van der Waals surface area (Å²) in [5.41, 5.74) is 0.840. The van der Waals surface area contributed by atoms with Crippen molar-refractivity contribution < 1.29 is 14.7 Å². The maximum atomic E-state index is 11.9. The molecule has 2 atom stereocenters. The van der Waals surface area contributed by atoms with Crippen LogP contribution in [0, 0.1) is 5.92 Å². The molecule has 18 heavy (non-hydrogen) atoms. The van der Waals surface area contributed by atoms with Crippen molar-refractivity contribution in [1.29, 1.82) is 0 Å². The third-order valence-electron chi connectivity index (χ3n) is 3.41. The van der Waals surface area contributed by atoms with Crippen LogP contribution in [-0.4, -0.2) is 33.4 Å². The third-order valence-corrected chi connectivity index (χ3v) is 3.41. The largest absolute Gasteiger partial charge is 0.481 e. The molecule has 1 saturated heterocycles. The summed E-state index contributed by atoms with van der Waals surface area (Å²) >= 11 is 0. The van der Waals surface area contributed by atoms with Gasteiger partial charge in [-0.2, -0.15) is 0 Å². The zero-order valence-corrected chi connectivity index (χ0v) is 10.2. The van der Waals surface area contributed by atoms with Crippen LogP contribution in [0.1, 0.15) is 31.4 Å². The molecule has 0 radical (unpaired) electrons. The van der Waals surface area contributed by atoms with E-state index in [4.69, 9.17) is 0 Å². The highest BCUT2D eigenvalue weighted by Crippen LogP contribution is 2.36. The highest BCUT2D eigenvalue weighted by atomic mass is 16.4. The lowest BCUT2D eigenvalue weighted by molar-refractivity contribution is -0.151. The SMILES string of the molecule is CCN1C(=O)CC[C@@H](C(=O)O)[C@@H]1c1ccncc1. The summed E-state index contributed by atoms with van der Waals surface area (Å²) in [5, 5.41) is 9.32. The van der Waals surface area contributed by atoms with Gasteiger partial charge in [-0.1, -0.05) is 0 Å². The van der Waals surface area contributed by atoms with Gasteiger partial charge in [-0.3, -0.25) is 14.6 Å². The Morgan fingerprint density at radius 3 is 2.72 bits per heavy atom. The number of pyridine rings is 1. The number of rotatable bonds is 3. The lowest BCUT2D eigenvalue weighted by Crippen LogP contribution is -2.45. The Labute approximate surface area is 105 Å². The Balaban J connectivity index is 2.40. The first kappa shape index (κ1) is 12.5. The van der Waals surface area contributed by atoms with E-state index >= 15 is 0 Å². The fourth-order valence-electron chi connectivity index (χ4n) is 2.56. The van der Waals surface area contributed by atoms with Crippen molar-refractivity contribution >= 4 is 11.9 Å². The van der Waals surface area contributed by atoms with E-state index in [2.05, 4.69) is 4.98 Å². The summed E-state index contributed by atoms with van der Waals surface area (Å²) < 4.78 is 0. The first-order chi connectivity index (χ1) is 8.65. The van der Waals surface area contributed by atoms with Crippen molar-refractivity contribution in [3.63, 3.8) is 0 Å². The second kappa shape index (κ2) is 5.16. The smallest absolute Gasteiger partial charge is 0.308 e. The molecule has 0 saturated carbocycles. The molecule has 1 aromatic rings. The van der Waals surface area contributed by atoms with E-state index in [0.717, 1.165) is 5.56 Å². The number of aromatic nitrogens is 1. The van der Waals surface area contributed by atoms with E-state index in [9.17, 15) is 14.7 Å². The molecule has 5 nitrogen and oxygen atoms in total. The number of piperidine rings is 1. The lowest BCUT2D eigenvalue weighted by atomic mass is 9.84. The molecule has 0 aliphatic carbocycles. The Bertz CT molecular complexity index is 445. The number of carbonyl (C=O) groups is 2. The highest BCUT2D eigenvalue weighted by Gasteiger charge is 2.39. The van der Waals surface area contributed by atoms with Crippen LogP contribution in [-0.2, 0) is 9.59 Å². The minimum atomic E-state index is -0.845. The van der Waals surface area contributed by atoms with E-state index in [-0.39, 0.29) is 11.9 Å². The number of carboxylic acid groups (broad SMARTS) is 1. The molecular formula is C13H16N2O3. The molecule has 2 heterocycles. The second-order valence-corrected chi connectivity index (χ2v) is 4.39. The first-order valence-corrected chi connectivity index (χ1v) is 6.07. The monoisotopic (exact) mass is 248 g/mol. The Morgan fingerprint density at radius 1 is 1.50 bits per heavy atom. The van der Waals surface area contributed by atoms with Gasteiger partial charge in [0.15, 0.2) is 0 Å². The van der Waals surface area contributed by atoms with Crippen LogP contribution in [0.2, 0.25) is 0 Å². The number of amides is 1. The fraction of sp³-hybridized carbons (Fsp3) is 0.462. The summed E-state index contributed by atoms with van der Waals surface area (Å²) in [6, 6.07) is 3.18. The van der Waals surface area contributed by atoms with Gasteiger partial charge in [0.1, 0.15) is 0 Å². The Morgan fingerprint density at radius 2 is 2.17 bits per heavy atom. The molecule has 0 aromatic carbocycles. The first-order valence-electron chi connectivity index (χ1n) is 6.07. The molecule has 1 aromatic heterocycles. The average molecular weight is 248 g/mol. The number of carboxylic acids is 1. The van der Waals surface area contributed by atoms with E-state index in [1.165, 1.54) is 0 Å². The van der Waals surface area contributed by atoms with Gasteiger partial charge in [0.05, 0.1) is 12.0 Å². The molecule has 96 valence electrons. The van der Waals surface area contributed by atoms with Crippen LogP contribution in [0.3, 0.4) is 0 Å².